The van der Waals surface area contributed by atoms with Crippen molar-refractivity contribution in [3.8, 4) is 0 Å². The topological polar surface area (TPSA) is 114 Å². The molecule has 2 aromatic rings. The van der Waals surface area contributed by atoms with Crippen LogP contribution in [0.4, 0.5) is 5.82 Å². The molecule has 10 heteroatoms. The monoisotopic (exact) mass is 406 g/mol. The molecule has 0 bridgehead atoms. The Bertz CT molecular complexity index is 991. The van der Waals surface area contributed by atoms with Gasteiger partial charge >= 0.3 is 0 Å². The van der Waals surface area contributed by atoms with Gasteiger partial charge in [-0.15, -0.1) is 0 Å². The molecule has 1 saturated heterocycles. The van der Waals surface area contributed by atoms with Gasteiger partial charge in [-0.05, 0) is 13.0 Å². The highest BCUT2D eigenvalue weighted by molar-refractivity contribution is 7.89. The summed E-state index contributed by atoms with van der Waals surface area (Å²) in [7, 11) is -2.09. The fraction of sp³-hybridized carbons (Fsp3) is 0.500. The van der Waals surface area contributed by atoms with E-state index in [2.05, 4.69) is 14.9 Å². The van der Waals surface area contributed by atoms with Crippen LogP contribution in [-0.2, 0) is 17.1 Å². The molecule has 2 N–H and O–H groups in total. The van der Waals surface area contributed by atoms with Crippen molar-refractivity contribution < 1.29 is 13.2 Å². The Balaban J connectivity index is 1.76. The van der Waals surface area contributed by atoms with Crippen molar-refractivity contribution in [1.29, 1.82) is 0 Å². The van der Waals surface area contributed by atoms with Crippen LogP contribution in [0.25, 0.3) is 0 Å². The van der Waals surface area contributed by atoms with Gasteiger partial charge in [0.15, 0.2) is 0 Å². The first kappa shape index (κ1) is 20.3. The molecule has 1 amide bonds. The quantitative estimate of drug-likeness (QED) is 0.787. The number of carbonyl (C=O) groups excluding carboxylic acids is 1. The molecule has 9 nitrogen and oxygen atoms in total. The summed E-state index contributed by atoms with van der Waals surface area (Å²) < 4.78 is 28.7. The molecule has 1 fully saturated rings. The van der Waals surface area contributed by atoms with E-state index in [-0.39, 0.29) is 16.5 Å². The van der Waals surface area contributed by atoms with Gasteiger partial charge in [-0.3, -0.25) is 4.79 Å². The van der Waals surface area contributed by atoms with E-state index in [0.717, 1.165) is 17.3 Å². The van der Waals surface area contributed by atoms with Crippen molar-refractivity contribution >= 4 is 21.7 Å². The van der Waals surface area contributed by atoms with Crippen molar-refractivity contribution in [2.75, 3.05) is 31.1 Å². The Kier molecular flexibility index (Phi) is 5.44. The molecule has 28 heavy (non-hydrogen) atoms. The van der Waals surface area contributed by atoms with Crippen LogP contribution < -0.4 is 10.6 Å². The average molecular weight is 407 g/mol. The number of primary amides is 1. The second-order valence-corrected chi connectivity index (χ2v) is 9.25. The lowest BCUT2D eigenvalue weighted by atomic mass is 10.2. The van der Waals surface area contributed by atoms with Crippen LogP contribution in [0, 0.1) is 6.92 Å². The summed E-state index contributed by atoms with van der Waals surface area (Å²) in [4.78, 5) is 22.7. The maximum Gasteiger partial charge on any atom is 0.265 e. The molecule has 3 rings (SSSR count). The normalized spacial score (nSPS) is 16.0. The first-order valence-corrected chi connectivity index (χ1v) is 10.6. The van der Waals surface area contributed by atoms with Crippen molar-refractivity contribution in [3.63, 3.8) is 0 Å². The molecule has 0 saturated carbocycles. The largest absolute Gasteiger partial charge is 0.364 e. The van der Waals surface area contributed by atoms with Crippen LogP contribution in [-0.4, -0.2) is 59.3 Å². The van der Waals surface area contributed by atoms with Crippen LogP contribution in [0.3, 0.4) is 0 Å². The number of nitrogens with two attached hydrogens (primary N) is 1. The van der Waals surface area contributed by atoms with Gasteiger partial charge in [0.2, 0.25) is 10.0 Å². The van der Waals surface area contributed by atoms with Crippen LogP contribution >= 0.6 is 0 Å². The van der Waals surface area contributed by atoms with E-state index >= 15 is 0 Å². The summed E-state index contributed by atoms with van der Waals surface area (Å²) in [6.07, 6.45) is 1.42. The van der Waals surface area contributed by atoms with Gasteiger partial charge in [0.1, 0.15) is 22.2 Å². The summed E-state index contributed by atoms with van der Waals surface area (Å²) in [6.45, 7) is 7.76. The van der Waals surface area contributed by atoms with E-state index in [1.54, 1.807) is 7.05 Å². The molecule has 0 aliphatic carbocycles. The number of aromatic nitrogens is 3. The van der Waals surface area contributed by atoms with Gasteiger partial charge in [-0.1, -0.05) is 13.8 Å². The fourth-order valence-corrected chi connectivity index (χ4v) is 4.72. The predicted molar refractivity (Wildman–Crippen MR) is 106 cm³/mol. The molecule has 2 aromatic heterocycles. The van der Waals surface area contributed by atoms with Gasteiger partial charge in [0, 0.05) is 57.1 Å². The smallest absolute Gasteiger partial charge is 0.265 e. The zero-order valence-corrected chi connectivity index (χ0v) is 17.4. The van der Waals surface area contributed by atoms with Crippen molar-refractivity contribution in [1.82, 2.24) is 18.8 Å². The van der Waals surface area contributed by atoms with E-state index in [9.17, 15) is 13.2 Å². The number of anilines is 1. The van der Waals surface area contributed by atoms with Crippen molar-refractivity contribution in [3.05, 3.63) is 35.5 Å². The van der Waals surface area contributed by atoms with Gasteiger partial charge in [0.25, 0.3) is 5.91 Å². The highest BCUT2D eigenvalue weighted by atomic mass is 32.2. The number of rotatable bonds is 5. The third kappa shape index (κ3) is 3.88. The minimum atomic E-state index is -3.69. The first-order chi connectivity index (χ1) is 13.1. The maximum atomic E-state index is 12.9. The number of amides is 1. The molecular weight excluding hydrogens is 380 g/mol. The lowest BCUT2D eigenvalue weighted by Crippen LogP contribution is -2.49. The number of carbonyl (C=O) groups is 1. The van der Waals surface area contributed by atoms with Gasteiger partial charge in [-0.2, -0.15) is 4.31 Å². The summed E-state index contributed by atoms with van der Waals surface area (Å²) in [5, 5.41) is 0. The molecule has 0 unspecified atom stereocenters. The lowest BCUT2D eigenvalue weighted by Gasteiger charge is -2.34. The predicted octanol–water partition coefficient (Wildman–Crippen LogP) is 0.857. The minimum absolute atomic E-state index is 0.0808. The van der Waals surface area contributed by atoms with E-state index in [4.69, 9.17) is 5.73 Å². The van der Waals surface area contributed by atoms with Crippen LogP contribution in [0.15, 0.2) is 23.2 Å². The summed E-state index contributed by atoms with van der Waals surface area (Å²) in [6, 6.07) is 3.25. The Morgan fingerprint density at radius 1 is 1.14 bits per heavy atom. The number of piperazine rings is 1. The zero-order valence-electron chi connectivity index (χ0n) is 16.6. The molecule has 0 atom stereocenters. The Morgan fingerprint density at radius 3 is 2.32 bits per heavy atom. The molecule has 3 heterocycles. The SMILES string of the molecule is Cc1cc(N2CCN(S(=O)(=O)c3cc(C(N)=O)n(C)c3)CC2)nc(C(C)C)n1. The number of hydrogen-bond acceptors (Lipinski definition) is 6. The first-order valence-electron chi connectivity index (χ1n) is 9.16. The molecule has 0 spiro atoms. The van der Waals surface area contributed by atoms with Crippen LogP contribution in [0.2, 0.25) is 0 Å². The van der Waals surface area contributed by atoms with E-state index in [1.165, 1.54) is 21.1 Å². The third-order valence-corrected chi connectivity index (χ3v) is 6.67. The van der Waals surface area contributed by atoms with E-state index in [0.29, 0.717) is 26.2 Å². The minimum Gasteiger partial charge on any atom is -0.364 e. The fourth-order valence-electron chi connectivity index (χ4n) is 3.22. The molecule has 0 aromatic carbocycles. The van der Waals surface area contributed by atoms with Gasteiger partial charge in [0.05, 0.1) is 0 Å². The summed E-state index contributed by atoms with van der Waals surface area (Å²) >= 11 is 0. The standard InChI is InChI=1S/C18H26N6O3S/c1-12(2)18-20-13(3)9-16(21-18)23-5-7-24(8-6-23)28(26,27)14-10-15(17(19)25)22(4)11-14/h9-12H,5-8H2,1-4H3,(H2,19,25). The third-order valence-electron chi connectivity index (χ3n) is 4.81. The molecular formula is C18H26N6O3S. The number of hydrogen-bond donors (Lipinski definition) is 1. The van der Waals surface area contributed by atoms with Crippen LogP contribution in [0.5, 0.6) is 0 Å². The molecule has 0 radical (unpaired) electrons. The number of aryl methyl sites for hydroxylation is 2. The second kappa shape index (κ2) is 7.51. The van der Waals surface area contributed by atoms with E-state index < -0.39 is 15.9 Å². The molecule has 1 aliphatic rings. The number of sulfonamides is 1. The molecule has 152 valence electrons. The highest BCUT2D eigenvalue weighted by Gasteiger charge is 2.30. The van der Waals surface area contributed by atoms with E-state index in [1.807, 2.05) is 26.8 Å². The highest BCUT2D eigenvalue weighted by Crippen LogP contribution is 2.23. The van der Waals surface area contributed by atoms with Gasteiger partial charge < -0.3 is 15.2 Å². The Labute approximate surface area is 165 Å². The second-order valence-electron chi connectivity index (χ2n) is 7.31. The maximum absolute atomic E-state index is 12.9. The lowest BCUT2D eigenvalue weighted by molar-refractivity contribution is 0.0992. The summed E-state index contributed by atoms with van der Waals surface area (Å²) in [5.41, 5.74) is 6.35. The number of nitrogens with zero attached hydrogens (tertiary/aromatic N) is 5. The Hall–Kier alpha value is -2.46. The van der Waals surface area contributed by atoms with Crippen LogP contribution in [0.1, 0.15) is 41.8 Å². The van der Waals surface area contributed by atoms with Gasteiger partial charge in [-0.25, -0.2) is 18.4 Å². The molecule has 1 aliphatic heterocycles. The average Bonchev–Trinajstić information content (AvgIpc) is 3.04. The Morgan fingerprint density at radius 2 is 1.79 bits per heavy atom. The summed E-state index contributed by atoms with van der Waals surface area (Å²) in [5.74, 6) is 1.17. The van der Waals surface area contributed by atoms with Crippen molar-refractivity contribution in [2.24, 2.45) is 12.8 Å². The van der Waals surface area contributed by atoms with Crippen molar-refractivity contribution in [2.45, 2.75) is 31.6 Å². The zero-order chi connectivity index (χ0) is 20.6.